The molecular weight excluding hydrogens is 747 g/mol. The lowest BCUT2D eigenvalue weighted by Crippen LogP contribution is -2.04. The van der Waals surface area contributed by atoms with Crippen LogP contribution in [0.2, 0.25) is 0 Å². The Morgan fingerprint density at radius 3 is 1.67 bits per heavy atom. The van der Waals surface area contributed by atoms with E-state index in [9.17, 15) is 0 Å². The molecule has 2 aliphatic rings. The number of halogens is 1. The van der Waals surface area contributed by atoms with Gasteiger partial charge in [0.2, 0.25) is 12.6 Å². The van der Waals surface area contributed by atoms with Gasteiger partial charge >= 0.3 is 0 Å². The second kappa shape index (κ2) is 20.0. The van der Waals surface area contributed by atoms with Crippen LogP contribution in [0.3, 0.4) is 0 Å². The van der Waals surface area contributed by atoms with Crippen molar-refractivity contribution in [2.24, 2.45) is 0 Å². The van der Waals surface area contributed by atoms with Gasteiger partial charge in [-0.05, 0) is 89.0 Å². The second-order valence-electron chi connectivity index (χ2n) is 11.9. The molecule has 4 heterocycles. The van der Waals surface area contributed by atoms with Crippen molar-refractivity contribution in [3.8, 4) is 11.1 Å². The van der Waals surface area contributed by atoms with Gasteiger partial charge in [-0.15, -0.1) is 0 Å². The molecule has 0 amide bonds. The van der Waals surface area contributed by atoms with Crippen LogP contribution < -0.4 is 0 Å². The van der Waals surface area contributed by atoms with E-state index in [1.54, 1.807) is 12.4 Å². The molecule has 2 atom stereocenters. The van der Waals surface area contributed by atoms with Gasteiger partial charge in [-0.1, -0.05) is 122 Å². The van der Waals surface area contributed by atoms with Gasteiger partial charge in [-0.25, -0.2) is 0 Å². The van der Waals surface area contributed by atoms with Crippen LogP contribution in [0.1, 0.15) is 71.2 Å². The summed E-state index contributed by atoms with van der Waals surface area (Å²) in [6.45, 7) is 10.4. The third-order valence-electron chi connectivity index (χ3n) is 7.94. The predicted octanol–water partition coefficient (Wildman–Crippen LogP) is 11.3. The molecule has 0 spiro atoms. The standard InChI is InChI=1S/C21H19NO2.C15H15NO2.C6H5I.C2H6/c1-15-10-16(12-19(11-15)17-6-3-2-4-7-17)13-23-21-20-18(14-24-21)8-5-9-22-20;1-11-4-2-5-12(8-11)9-17-15-14-13(10-18-15)6-3-7-16-14;7-6-4-2-1-3-5-6;1-2/h2-12,21H,13-14H2,1H3;2-8,15H,9-10H2,1H3;1-5H;1-2H3. The summed E-state index contributed by atoms with van der Waals surface area (Å²) in [5, 5.41) is 0. The highest BCUT2D eigenvalue weighted by Gasteiger charge is 2.26. The molecule has 0 bridgehead atoms. The lowest BCUT2D eigenvalue weighted by atomic mass is 10.0. The van der Waals surface area contributed by atoms with Gasteiger partial charge in [0, 0.05) is 27.1 Å². The molecular formula is C44H45IN2O4. The first-order valence-electron chi connectivity index (χ1n) is 17.3. The summed E-state index contributed by atoms with van der Waals surface area (Å²) in [5.74, 6) is 0. The Hall–Kier alpha value is -4.25. The summed E-state index contributed by atoms with van der Waals surface area (Å²) in [6.07, 6.45) is 2.85. The molecule has 0 aliphatic carbocycles. The molecule has 0 saturated carbocycles. The Morgan fingerprint density at radius 1 is 0.569 bits per heavy atom. The highest BCUT2D eigenvalue weighted by molar-refractivity contribution is 14.1. The number of ether oxygens (including phenoxy) is 4. The number of aromatic nitrogens is 2. The summed E-state index contributed by atoms with van der Waals surface area (Å²) in [6, 6.07) is 43.3. The molecule has 6 aromatic rings. The van der Waals surface area contributed by atoms with Crippen LogP contribution in [0, 0.1) is 17.4 Å². The Kier molecular flexibility index (Phi) is 14.9. The Balaban J connectivity index is 0.000000164. The largest absolute Gasteiger partial charge is 0.342 e. The molecule has 51 heavy (non-hydrogen) atoms. The number of hydrogen-bond donors (Lipinski definition) is 0. The topological polar surface area (TPSA) is 62.7 Å². The molecule has 8 rings (SSSR count). The molecule has 0 saturated heterocycles. The zero-order valence-electron chi connectivity index (χ0n) is 29.7. The lowest BCUT2D eigenvalue weighted by Gasteiger charge is -2.13. The lowest BCUT2D eigenvalue weighted by molar-refractivity contribution is -0.147. The SMILES string of the molecule is CC.Cc1cc(COC2OCc3cccnc32)cc(-c2ccccc2)c1.Cc1cccc(COC2OCc3cccnc32)c1.Ic1ccccc1. The fourth-order valence-electron chi connectivity index (χ4n) is 5.62. The molecule has 2 unspecified atom stereocenters. The van der Waals surface area contributed by atoms with Crippen molar-refractivity contribution in [3.05, 3.63) is 188 Å². The minimum absolute atomic E-state index is 0.332. The molecule has 0 N–H and O–H groups in total. The molecule has 0 radical (unpaired) electrons. The van der Waals surface area contributed by atoms with Gasteiger partial charge in [-0.3, -0.25) is 9.97 Å². The molecule has 4 aromatic carbocycles. The van der Waals surface area contributed by atoms with Crippen LogP contribution in [0.4, 0.5) is 0 Å². The maximum atomic E-state index is 5.98. The molecule has 7 heteroatoms. The van der Waals surface area contributed by atoms with Crippen molar-refractivity contribution < 1.29 is 18.9 Å². The van der Waals surface area contributed by atoms with E-state index in [1.165, 1.54) is 25.8 Å². The molecule has 2 aromatic heterocycles. The second-order valence-corrected chi connectivity index (χ2v) is 13.1. The molecule has 2 aliphatic heterocycles. The number of fused-ring (bicyclic) bond motifs is 2. The van der Waals surface area contributed by atoms with Gasteiger partial charge < -0.3 is 18.9 Å². The van der Waals surface area contributed by atoms with E-state index in [2.05, 4.69) is 119 Å². The number of rotatable bonds is 7. The monoisotopic (exact) mass is 792 g/mol. The van der Waals surface area contributed by atoms with Crippen LogP contribution in [0.15, 0.2) is 140 Å². The van der Waals surface area contributed by atoms with Crippen molar-refractivity contribution >= 4 is 22.6 Å². The van der Waals surface area contributed by atoms with E-state index in [1.807, 2.05) is 68.4 Å². The molecule has 0 fully saturated rings. The van der Waals surface area contributed by atoms with Crippen molar-refractivity contribution in [1.82, 2.24) is 9.97 Å². The average Bonchev–Trinajstić information content (AvgIpc) is 3.79. The summed E-state index contributed by atoms with van der Waals surface area (Å²) < 4.78 is 24.4. The summed E-state index contributed by atoms with van der Waals surface area (Å²) in [4.78, 5) is 8.71. The number of hydrogen-bond acceptors (Lipinski definition) is 6. The molecule has 262 valence electrons. The minimum Gasteiger partial charge on any atom is -0.342 e. The van der Waals surface area contributed by atoms with E-state index in [0.29, 0.717) is 26.4 Å². The highest BCUT2D eigenvalue weighted by Crippen LogP contribution is 2.32. The highest BCUT2D eigenvalue weighted by atomic mass is 127. The van der Waals surface area contributed by atoms with Crippen molar-refractivity contribution in [2.45, 2.75) is 66.7 Å². The first-order chi connectivity index (χ1) is 25.0. The smallest absolute Gasteiger partial charge is 0.202 e. The Labute approximate surface area is 316 Å². The zero-order chi connectivity index (χ0) is 35.8. The van der Waals surface area contributed by atoms with Gasteiger partial charge in [0.25, 0.3) is 0 Å². The van der Waals surface area contributed by atoms with Crippen LogP contribution in [-0.2, 0) is 45.4 Å². The summed E-state index contributed by atoms with van der Waals surface area (Å²) in [5.41, 5.74) is 11.2. The Bertz CT molecular complexity index is 1940. The van der Waals surface area contributed by atoms with Crippen LogP contribution >= 0.6 is 22.6 Å². The zero-order valence-corrected chi connectivity index (χ0v) is 31.8. The third-order valence-corrected chi connectivity index (χ3v) is 8.66. The van der Waals surface area contributed by atoms with Crippen LogP contribution in [0.25, 0.3) is 11.1 Å². The fraction of sp³-hybridized carbons (Fsp3) is 0.227. The van der Waals surface area contributed by atoms with E-state index in [-0.39, 0.29) is 12.6 Å². The van der Waals surface area contributed by atoms with E-state index in [4.69, 9.17) is 18.9 Å². The van der Waals surface area contributed by atoms with E-state index >= 15 is 0 Å². The van der Waals surface area contributed by atoms with Crippen LogP contribution in [0.5, 0.6) is 0 Å². The third kappa shape index (κ3) is 11.4. The number of aryl methyl sites for hydroxylation is 2. The first-order valence-corrected chi connectivity index (χ1v) is 18.4. The average molecular weight is 793 g/mol. The predicted molar refractivity (Wildman–Crippen MR) is 211 cm³/mol. The van der Waals surface area contributed by atoms with Gasteiger partial charge in [0.1, 0.15) is 11.4 Å². The van der Waals surface area contributed by atoms with E-state index < -0.39 is 0 Å². The number of nitrogens with zero attached hydrogens (tertiary/aromatic N) is 2. The normalized spacial score (nSPS) is 15.2. The van der Waals surface area contributed by atoms with Gasteiger partial charge in [0.05, 0.1) is 26.4 Å². The van der Waals surface area contributed by atoms with Crippen molar-refractivity contribution in [1.29, 1.82) is 0 Å². The maximum absolute atomic E-state index is 5.98. The minimum atomic E-state index is -0.373. The maximum Gasteiger partial charge on any atom is 0.202 e. The Morgan fingerprint density at radius 2 is 1.12 bits per heavy atom. The van der Waals surface area contributed by atoms with Crippen molar-refractivity contribution in [3.63, 3.8) is 0 Å². The van der Waals surface area contributed by atoms with Crippen LogP contribution in [-0.4, -0.2) is 9.97 Å². The van der Waals surface area contributed by atoms with Gasteiger partial charge in [-0.2, -0.15) is 0 Å². The quantitative estimate of drug-likeness (QED) is 0.150. The fourth-order valence-corrected chi connectivity index (χ4v) is 6.03. The summed E-state index contributed by atoms with van der Waals surface area (Å²) in [7, 11) is 0. The van der Waals surface area contributed by atoms with Gasteiger partial charge in [0.15, 0.2) is 0 Å². The van der Waals surface area contributed by atoms with E-state index in [0.717, 1.165) is 33.6 Å². The number of benzene rings is 4. The summed E-state index contributed by atoms with van der Waals surface area (Å²) >= 11 is 2.28. The molecule has 6 nitrogen and oxygen atoms in total. The van der Waals surface area contributed by atoms with Crippen molar-refractivity contribution in [2.75, 3.05) is 0 Å². The number of pyridine rings is 2. The first kappa shape index (κ1) is 38.0.